The monoisotopic (exact) mass is 305 g/mol. The van der Waals surface area contributed by atoms with E-state index in [0.717, 1.165) is 17.7 Å². The minimum Gasteiger partial charge on any atom is -0.306 e. The Morgan fingerprint density at radius 3 is 2.30 bits per heavy atom. The van der Waals surface area contributed by atoms with Gasteiger partial charge in [-0.2, -0.15) is 0 Å². The SMILES string of the molecule is CC(NCc1cccc(-c2ccc(F)cc2)c1)c1ccccc1. The summed E-state index contributed by atoms with van der Waals surface area (Å²) in [5.74, 6) is -0.205. The van der Waals surface area contributed by atoms with E-state index in [9.17, 15) is 4.39 Å². The van der Waals surface area contributed by atoms with E-state index < -0.39 is 0 Å². The molecule has 0 aliphatic rings. The first-order valence-electron chi connectivity index (χ1n) is 7.85. The second-order valence-electron chi connectivity index (χ2n) is 5.72. The van der Waals surface area contributed by atoms with Crippen molar-refractivity contribution in [3.05, 3.63) is 95.8 Å². The maximum Gasteiger partial charge on any atom is 0.123 e. The van der Waals surface area contributed by atoms with E-state index in [1.165, 1.54) is 23.3 Å². The predicted molar refractivity (Wildman–Crippen MR) is 93.5 cm³/mol. The topological polar surface area (TPSA) is 12.0 Å². The molecule has 0 aliphatic carbocycles. The highest BCUT2D eigenvalue weighted by molar-refractivity contribution is 5.64. The van der Waals surface area contributed by atoms with Crippen molar-refractivity contribution in [2.24, 2.45) is 0 Å². The van der Waals surface area contributed by atoms with Gasteiger partial charge in [0.05, 0.1) is 0 Å². The molecule has 0 amide bonds. The number of hydrogen-bond donors (Lipinski definition) is 1. The molecule has 23 heavy (non-hydrogen) atoms. The summed E-state index contributed by atoms with van der Waals surface area (Å²) in [5.41, 5.74) is 4.64. The molecule has 116 valence electrons. The van der Waals surface area contributed by atoms with E-state index in [4.69, 9.17) is 0 Å². The van der Waals surface area contributed by atoms with Crippen molar-refractivity contribution in [1.29, 1.82) is 0 Å². The lowest BCUT2D eigenvalue weighted by Crippen LogP contribution is -2.17. The highest BCUT2D eigenvalue weighted by Gasteiger charge is 2.05. The maximum absolute atomic E-state index is 13.0. The molecule has 0 aliphatic heterocycles. The van der Waals surface area contributed by atoms with Crippen LogP contribution in [0.25, 0.3) is 11.1 Å². The van der Waals surface area contributed by atoms with Gasteiger partial charge in [0.1, 0.15) is 5.82 Å². The minimum absolute atomic E-state index is 0.205. The van der Waals surface area contributed by atoms with Crippen LogP contribution >= 0.6 is 0 Å². The highest BCUT2D eigenvalue weighted by atomic mass is 19.1. The van der Waals surface area contributed by atoms with Gasteiger partial charge in [0.2, 0.25) is 0 Å². The van der Waals surface area contributed by atoms with Crippen LogP contribution in [0.5, 0.6) is 0 Å². The van der Waals surface area contributed by atoms with Gasteiger partial charge >= 0.3 is 0 Å². The first-order valence-corrected chi connectivity index (χ1v) is 7.85. The molecule has 1 unspecified atom stereocenters. The second kappa shape index (κ2) is 7.21. The van der Waals surface area contributed by atoms with Gasteiger partial charge < -0.3 is 5.32 Å². The zero-order valence-electron chi connectivity index (χ0n) is 13.2. The van der Waals surface area contributed by atoms with Crippen LogP contribution in [0.3, 0.4) is 0 Å². The molecule has 1 atom stereocenters. The lowest BCUT2D eigenvalue weighted by Gasteiger charge is -2.14. The van der Waals surface area contributed by atoms with E-state index in [2.05, 4.69) is 54.7 Å². The van der Waals surface area contributed by atoms with Crippen molar-refractivity contribution in [2.75, 3.05) is 0 Å². The molecule has 3 rings (SSSR count). The number of hydrogen-bond acceptors (Lipinski definition) is 1. The summed E-state index contributed by atoms with van der Waals surface area (Å²) in [6, 6.07) is 25.7. The first-order chi connectivity index (χ1) is 11.2. The molecule has 0 spiro atoms. The van der Waals surface area contributed by atoms with E-state index in [1.807, 2.05) is 24.3 Å². The molecule has 3 aromatic rings. The van der Waals surface area contributed by atoms with Crippen LogP contribution in [0.15, 0.2) is 78.9 Å². The van der Waals surface area contributed by atoms with Crippen molar-refractivity contribution < 1.29 is 4.39 Å². The number of benzene rings is 3. The Morgan fingerprint density at radius 1 is 0.826 bits per heavy atom. The smallest absolute Gasteiger partial charge is 0.123 e. The third-order valence-corrected chi connectivity index (χ3v) is 4.02. The molecule has 1 nitrogen and oxygen atoms in total. The van der Waals surface area contributed by atoms with Gasteiger partial charge in [-0.25, -0.2) is 4.39 Å². The van der Waals surface area contributed by atoms with Crippen LogP contribution < -0.4 is 5.32 Å². The summed E-state index contributed by atoms with van der Waals surface area (Å²) in [6.07, 6.45) is 0. The van der Waals surface area contributed by atoms with Crippen LogP contribution in [0.1, 0.15) is 24.1 Å². The van der Waals surface area contributed by atoms with Gasteiger partial charge in [-0.05, 0) is 47.4 Å². The number of rotatable bonds is 5. The molecule has 3 aromatic carbocycles. The van der Waals surface area contributed by atoms with Gasteiger partial charge in [-0.1, -0.05) is 60.7 Å². The third-order valence-electron chi connectivity index (χ3n) is 4.02. The van der Waals surface area contributed by atoms with Gasteiger partial charge in [-0.15, -0.1) is 0 Å². The fourth-order valence-corrected chi connectivity index (χ4v) is 2.63. The predicted octanol–water partition coefficient (Wildman–Crippen LogP) is 5.34. The second-order valence-corrected chi connectivity index (χ2v) is 5.72. The van der Waals surface area contributed by atoms with E-state index >= 15 is 0 Å². The van der Waals surface area contributed by atoms with Crippen molar-refractivity contribution in [2.45, 2.75) is 19.5 Å². The number of nitrogens with one attached hydrogen (secondary N) is 1. The average Bonchev–Trinajstić information content (AvgIpc) is 2.61. The van der Waals surface area contributed by atoms with Gasteiger partial charge in [0.25, 0.3) is 0 Å². The lowest BCUT2D eigenvalue weighted by atomic mass is 10.0. The molecule has 0 radical (unpaired) electrons. The van der Waals surface area contributed by atoms with Crippen LogP contribution in [0.4, 0.5) is 4.39 Å². The van der Waals surface area contributed by atoms with Crippen molar-refractivity contribution in [3.8, 4) is 11.1 Å². The Bertz CT molecular complexity index is 750. The van der Waals surface area contributed by atoms with Crippen LogP contribution in [-0.4, -0.2) is 0 Å². The summed E-state index contributed by atoms with van der Waals surface area (Å²) >= 11 is 0. The molecule has 0 aromatic heterocycles. The van der Waals surface area contributed by atoms with Gasteiger partial charge in [-0.3, -0.25) is 0 Å². The Morgan fingerprint density at radius 2 is 1.57 bits per heavy atom. The molecule has 0 bridgehead atoms. The fraction of sp³-hybridized carbons (Fsp3) is 0.143. The molecule has 0 saturated carbocycles. The van der Waals surface area contributed by atoms with Crippen LogP contribution in [-0.2, 0) is 6.54 Å². The molecular weight excluding hydrogens is 285 g/mol. The van der Waals surface area contributed by atoms with Gasteiger partial charge in [0, 0.05) is 12.6 Å². The zero-order chi connectivity index (χ0) is 16.1. The fourth-order valence-electron chi connectivity index (χ4n) is 2.63. The largest absolute Gasteiger partial charge is 0.306 e. The third kappa shape index (κ3) is 4.05. The van der Waals surface area contributed by atoms with Crippen molar-refractivity contribution in [1.82, 2.24) is 5.32 Å². The van der Waals surface area contributed by atoms with E-state index in [1.54, 1.807) is 0 Å². The summed E-state index contributed by atoms with van der Waals surface area (Å²) < 4.78 is 13.0. The Hall–Kier alpha value is -2.45. The molecule has 1 N–H and O–H groups in total. The Labute approximate surface area is 136 Å². The molecule has 0 fully saturated rings. The molecule has 0 heterocycles. The summed E-state index contributed by atoms with van der Waals surface area (Å²) in [5, 5.41) is 3.54. The normalized spacial score (nSPS) is 12.1. The minimum atomic E-state index is -0.205. The van der Waals surface area contributed by atoms with Crippen molar-refractivity contribution >= 4 is 0 Å². The summed E-state index contributed by atoms with van der Waals surface area (Å²) in [7, 11) is 0. The van der Waals surface area contributed by atoms with E-state index in [0.29, 0.717) is 6.04 Å². The first kappa shape index (κ1) is 15.4. The summed E-state index contributed by atoms with van der Waals surface area (Å²) in [4.78, 5) is 0. The molecular formula is C21H20FN. The maximum atomic E-state index is 13.0. The molecule has 0 saturated heterocycles. The Balaban J connectivity index is 1.69. The zero-order valence-corrected chi connectivity index (χ0v) is 13.2. The Kier molecular flexibility index (Phi) is 4.84. The quantitative estimate of drug-likeness (QED) is 0.670. The lowest BCUT2D eigenvalue weighted by molar-refractivity contribution is 0.575. The average molecular weight is 305 g/mol. The number of halogens is 1. The standard InChI is InChI=1S/C21H20FN/c1-16(18-7-3-2-4-8-18)23-15-17-6-5-9-20(14-17)19-10-12-21(22)13-11-19/h2-14,16,23H,15H2,1H3. The van der Waals surface area contributed by atoms with Gasteiger partial charge in [0.15, 0.2) is 0 Å². The summed E-state index contributed by atoms with van der Waals surface area (Å²) in [6.45, 7) is 2.96. The van der Waals surface area contributed by atoms with Crippen molar-refractivity contribution in [3.63, 3.8) is 0 Å². The van der Waals surface area contributed by atoms with Crippen LogP contribution in [0.2, 0.25) is 0 Å². The van der Waals surface area contributed by atoms with Crippen LogP contribution in [0, 0.1) is 5.82 Å². The molecule has 2 heteroatoms. The van der Waals surface area contributed by atoms with E-state index in [-0.39, 0.29) is 5.82 Å². The highest BCUT2D eigenvalue weighted by Crippen LogP contribution is 2.21.